The largest absolute Gasteiger partial charge is 0.378 e. The Morgan fingerprint density at radius 3 is 2.47 bits per heavy atom. The number of halogens is 1. The molecule has 2 fully saturated rings. The highest BCUT2D eigenvalue weighted by Gasteiger charge is 2.19. The maximum atomic E-state index is 13.8. The van der Waals surface area contributed by atoms with Gasteiger partial charge in [0.25, 0.3) is 5.91 Å². The summed E-state index contributed by atoms with van der Waals surface area (Å²) in [4.78, 5) is 22.1. The molecular weight excluding hydrogens is 465 g/mol. The lowest BCUT2D eigenvalue weighted by Crippen LogP contribution is -2.44. The number of hydrogen-bond acceptors (Lipinski definition) is 7. The molecule has 1 amide bonds. The van der Waals surface area contributed by atoms with E-state index in [1.165, 1.54) is 12.8 Å². The van der Waals surface area contributed by atoms with Gasteiger partial charge in [-0.25, -0.2) is 14.8 Å². The van der Waals surface area contributed by atoms with Crippen molar-refractivity contribution in [2.45, 2.75) is 12.8 Å². The molecule has 12 heteroatoms. The van der Waals surface area contributed by atoms with E-state index in [0.29, 0.717) is 26.3 Å². The van der Waals surface area contributed by atoms with Crippen LogP contribution in [0, 0.1) is 5.41 Å². The predicted octanol–water partition coefficient (Wildman–Crippen LogP) is 2.31. The molecule has 0 unspecified atom stereocenters. The third kappa shape index (κ3) is 6.77. The summed E-state index contributed by atoms with van der Waals surface area (Å²) < 4.78 is 19.1. The van der Waals surface area contributed by atoms with Gasteiger partial charge in [0.05, 0.1) is 30.8 Å². The molecule has 3 heterocycles. The van der Waals surface area contributed by atoms with Crippen LogP contribution in [0.4, 0.5) is 21.5 Å². The first kappa shape index (κ1) is 25.1. The number of anilines is 3. The van der Waals surface area contributed by atoms with Gasteiger partial charge in [-0.3, -0.25) is 21.1 Å². The number of rotatable bonds is 5. The first-order chi connectivity index (χ1) is 17.5. The number of nitrogens with zero attached hydrogens (tertiary/aromatic N) is 4. The highest BCUT2D eigenvalue weighted by Crippen LogP contribution is 2.21. The van der Waals surface area contributed by atoms with Crippen LogP contribution in [0.5, 0.6) is 0 Å². The second-order valence-electron chi connectivity index (χ2n) is 8.24. The fourth-order valence-electron chi connectivity index (χ4n) is 3.79. The number of hydrazine groups is 2. The zero-order valence-corrected chi connectivity index (χ0v) is 19.9. The maximum absolute atomic E-state index is 13.8. The number of ether oxygens (including phenoxy) is 1. The Bertz CT molecular complexity index is 1090. The zero-order valence-electron chi connectivity index (χ0n) is 19.9. The normalized spacial score (nSPS) is 16.3. The van der Waals surface area contributed by atoms with Crippen molar-refractivity contribution >= 4 is 34.8 Å². The second kappa shape index (κ2) is 12.1. The molecule has 11 nitrogen and oxygen atoms in total. The minimum atomic E-state index is -0.766. The number of pyridine rings is 1. The van der Waals surface area contributed by atoms with E-state index in [0.717, 1.165) is 30.2 Å². The Hall–Kier alpha value is -4.03. The molecule has 0 spiro atoms. The van der Waals surface area contributed by atoms with Gasteiger partial charge in [-0.05, 0) is 49.2 Å². The van der Waals surface area contributed by atoms with Gasteiger partial charge in [0.2, 0.25) is 5.96 Å². The van der Waals surface area contributed by atoms with Crippen molar-refractivity contribution in [3.8, 4) is 0 Å². The van der Waals surface area contributed by atoms with Gasteiger partial charge in [0, 0.05) is 31.9 Å². The summed E-state index contributed by atoms with van der Waals surface area (Å²) in [6.07, 6.45) is 3.91. The molecule has 1 aromatic heterocycles. The minimum Gasteiger partial charge on any atom is -0.378 e. The average molecular weight is 496 g/mol. The summed E-state index contributed by atoms with van der Waals surface area (Å²) >= 11 is 0. The smallest absolute Gasteiger partial charge is 0.288 e. The molecular formula is C24H30FN9O2. The minimum absolute atomic E-state index is 0.0705. The number of nitrogens with one attached hydrogen (secondary N) is 5. The summed E-state index contributed by atoms with van der Waals surface area (Å²) in [5, 5.41) is 13.3. The fourth-order valence-corrected chi connectivity index (χ4v) is 3.79. The van der Waals surface area contributed by atoms with Gasteiger partial charge in [0.15, 0.2) is 11.7 Å². The molecule has 2 aromatic rings. The Labute approximate surface area is 208 Å². The monoisotopic (exact) mass is 495 g/mol. The Morgan fingerprint density at radius 2 is 1.83 bits per heavy atom. The molecule has 0 atom stereocenters. The van der Waals surface area contributed by atoms with E-state index >= 15 is 0 Å². The van der Waals surface area contributed by atoms with Gasteiger partial charge in [-0.15, -0.1) is 0 Å². The molecule has 0 bridgehead atoms. The van der Waals surface area contributed by atoms with Crippen LogP contribution in [0.2, 0.25) is 0 Å². The first-order valence-corrected chi connectivity index (χ1v) is 11.7. The van der Waals surface area contributed by atoms with Crippen LogP contribution in [-0.2, 0) is 4.74 Å². The van der Waals surface area contributed by atoms with Crippen molar-refractivity contribution in [2.24, 2.45) is 4.99 Å². The molecule has 2 saturated heterocycles. The second-order valence-corrected chi connectivity index (χ2v) is 8.24. The van der Waals surface area contributed by atoms with Crippen LogP contribution in [-0.4, -0.2) is 67.0 Å². The van der Waals surface area contributed by atoms with E-state index in [2.05, 4.69) is 43.2 Å². The predicted molar refractivity (Wildman–Crippen MR) is 137 cm³/mol. The Kier molecular flexibility index (Phi) is 8.42. The van der Waals surface area contributed by atoms with Crippen LogP contribution >= 0.6 is 0 Å². The third-order valence-corrected chi connectivity index (χ3v) is 5.64. The van der Waals surface area contributed by atoms with E-state index in [4.69, 9.17) is 10.1 Å². The summed E-state index contributed by atoms with van der Waals surface area (Å²) in [7, 11) is 0. The van der Waals surface area contributed by atoms with Crippen LogP contribution in [0.1, 0.15) is 23.3 Å². The van der Waals surface area contributed by atoms with E-state index in [-0.39, 0.29) is 11.5 Å². The standard InChI is InChI=1S/C24H30FN9O2/c1-17(25)22(33-12-14-36-15-13-33)30-24(26)32-31-23(35)21-9-6-19(16-27-21)29-18-4-7-20(8-5-18)34-11-3-2-10-28-34/h4-9,16,28-29H,1-3,10-15H2,(H2,26,32)(H,31,35)/b30-22+. The molecule has 2 aliphatic rings. The van der Waals surface area contributed by atoms with Gasteiger partial charge in [0.1, 0.15) is 5.69 Å². The lowest BCUT2D eigenvalue weighted by atomic mass is 10.2. The highest BCUT2D eigenvalue weighted by atomic mass is 19.1. The van der Waals surface area contributed by atoms with Crippen molar-refractivity contribution in [2.75, 3.05) is 49.7 Å². The van der Waals surface area contributed by atoms with E-state index < -0.39 is 17.7 Å². The molecule has 1 aromatic carbocycles. The number of morpholine rings is 1. The topological polar surface area (TPSA) is 130 Å². The van der Waals surface area contributed by atoms with Gasteiger partial charge in [-0.1, -0.05) is 6.58 Å². The Balaban J connectivity index is 1.28. The Morgan fingerprint density at radius 1 is 1.08 bits per heavy atom. The van der Waals surface area contributed by atoms with E-state index in [1.54, 1.807) is 23.2 Å². The van der Waals surface area contributed by atoms with Crippen molar-refractivity contribution in [1.29, 1.82) is 5.41 Å². The summed E-state index contributed by atoms with van der Waals surface area (Å²) in [5.74, 6) is -1.84. The van der Waals surface area contributed by atoms with Crippen LogP contribution in [0.3, 0.4) is 0 Å². The first-order valence-electron chi connectivity index (χ1n) is 11.7. The molecule has 36 heavy (non-hydrogen) atoms. The quantitative estimate of drug-likeness (QED) is 0.243. The molecule has 2 aliphatic heterocycles. The number of amides is 1. The molecule has 5 N–H and O–H groups in total. The molecule has 0 radical (unpaired) electrons. The van der Waals surface area contributed by atoms with Crippen molar-refractivity contribution in [1.82, 2.24) is 26.2 Å². The third-order valence-electron chi connectivity index (χ3n) is 5.64. The van der Waals surface area contributed by atoms with Crippen LogP contribution < -0.4 is 26.6 Å². The number of aliphatic imine (C=N–C) groups is 1. The van der Waals surface area contributed by atoms with Gasteiger partial charge in [-0.2, -0.15) is 4.99 Å². The number of amidine groups is 1. The molecule has 4 rings (SSSR count). The SMILES string of the molecule is C=C(F)/C(=N\C(=N)NNC(=O)c1ccc(Nc2ccc(N3CCCCN3)cc2)cn1)N1CCOCC1. The van der Waals surface area contributed by atoms with Crippen molar-refractivity contribution < 1.29 is 13.9 Å². The van der Waals surface area contributed by atoms with E-state index in [1.807, 2.05) is 24.3 Å². The highest BCUT2D eigenvalue weighted by molar-refractivity contribution is 6.03. The average Bonchev–Trinajstić information content (AvgIpc) is 2.92. The number of aromatic nitrogens is 1. The number of carbonyl (C=O) groups excluding carboxylic acids is 1. The number of hydrogen-bond donors (Lipinski definition) is 5. The van der Waals surface area contributed by atoms with Gasteiger partial charge < -0.3 is 20.0 Å². The lowest BCUT2D eigenvalue weighted by Gasteiger charge is -2.29. The van der Waals surface area contributed by atoms with Crippen LogP contribution in [0.25, 0.3) is 0 Å². The summed E-state index contributed by atoms with van der Waals surface area (Å²) in [6.45, 7) is 6.99. The van der Waals surface area contributed by atoms with Crippen molar-refractivity contribution in [3.63, 3.8) is 0 Å². The molecule has 190 valence electrons. The number of benzene rings is 1. The lowest BCUT2D eigenvalue weighted by molar-refractivity contribution is 0.0678. The fraction of sp³-hybridized carbons (Fsp3) is 0.333. The summed E-state index contributed by atoms with van der Waals surface area (Å²) in [5.41, 5.74) is 10.9. The maximum Gasteiger partial charge on any atom is 0.288 e. The van der Waals surface area contributed by atoms with E-state index in [9.17, 15) is 9.18 Å². The molecule has 0 saturated carbocycles. The number of carbonyl (C=O) groups is 1. The zero-order chi connectivity index (χ0) is 25.3. The van der Waals surface area contributed by atoms with Crippen molar-refractivity contribution in [3.05, 3.63) is 60.7 Å². The summed E-state index contributed by atoms with van der Waals surface area (Å²) in [6, 6.07) is 11.3. The van der Waals surface area contributed by atoms with Gasteiger partial charge >= 0.3 is 0 Å². The molecule has 0 aliphatic carbocycles. The number of guanidine groups is 1. The van der Waals surface area contributed by atoms with Crippen LogP contribution in [0.15, 0.2) is 60.0 Å².